The van der Waals surface area contributed by atoms with Crippen LogP contribution in [0, 0.1) is 0 Å². The molecule has 1 saturated heterocycles. The highest BCUT2D eigenvalue weighted by Gasteiger charge is 2.40. The predicted molar refractivity (Wildman–Crippen MR) is 121 cm³/mol. The van der Waals surface area contributed by atoms with Gasteiger partial charge in [-0.1, -0.05) is 68.7 Å². The molecule has 0 radical (unpaired) electrons. The highest BCUT2D eigenvalue weighted by Crippen LogP contribution is 2.42. The third kappa shape index (κ3) is 5.61. The Bertz CT molecular complexity index is 709. The Morgan fingerprint density at radius 1 is 0.966 bits per heavy atom. The van der Waals surface area contributed by atoms with Crippen molar-refractivity contribution >= 4 is 0 Å². The van der Waals surface area contributed by atoms with E-state index in [2.05, 4.69) is 54.3 Å². The molecular formula is C26H37NO2. The normalized spacial score (nSPS) is 18.2. The maximum absolute atomic E-state index is 12.2. The van der Waals surface area contributed by atoms with Crippen molar-refractivity contribution in [2.75, 3.05) is 26.2 Å². The van der Waals surface area contributed by atoms with Gasteiger partial charge in [0.25, 0.3) is 0 Å². The highest BCUT2D eigenvalue weighted by molar-refractivity contribution is 5.35. The van der Waals surface area contributed by atoms with Gasteiger partial charge >= 0.3 is 0 Å². The number of likely N-dealkylation sites (tertiary alicyclic amines) is 1. The first-order valence-electron chi connectivity index (χ1n) is 11.4. The van der Waals surface area contributed by atoms with E-state index >= 15 is 0 Å². The van der Waals surface area contributed by atoms with Crippen molar-refractivity contribution in [3.8, 4) is 5.75 Å². The van der Waals surface area contributed by atoms with Gasteiger partial charge < -0.3 is 14.7 Å². The van der Waals surface area contributed by atoms with Crippen LogP contribution in [0.5, 0.6) is 5.75 Å². The van der Waals surface area contributed by atoms with E-state index in [1.165, 1.54) is 24.8 Å². The van der Waals surface area contributed by atoms with Crippen LogP contribution in [-0.2, 0) is 5.60 Å². The van der Waals surface area contributed by atoms with Gasteiger partial charge in [0.1, 0.15) is 5.75 Å². The molecule has 2 aromatic rings. The fraction of sp³-hybridized carbons (Fsp3) is 0.538. The second kappa shape index (κ2) is 10.8. The molecule has 3 heteroatoms. The number of aliphatic hydroxyl groups is 1. The summed E-state index contributed by atoms with van der Waals surface area (Å²) in [4.78, 5) is 2.55. The molecule has 0 bridgehead atoms. The van der Waals surface area contributed by atoms with E-state index in [4.69, 9.17) is 4.74 Å². The lowest BCUT2D eigenvalue weighted by Crippen LogP contribution is -2.42. The number of ether oxygens (including phenoxy) is 1. The molecule has 158 valence electrons. The zero-order chi connectivity index (χ0) is 20.5. The summed E-state index contributed by atoms with van der Waals surface area (Å²) in [6, 6.07) is 18.7. The summed E-state index contributed by atoms with van der Waals surface area (Å²) in [6.45, 7) is 8.02. The summed E-state index contributed by atoms with van der Waals surface area (Å²) in [5.41, 5.74) is 1.34. The summed E-state index contributed by atoms with van der Waals surface area (Å²) in [5, 5.41) is 12.2. The summed E-state index contributed by atoms with van der Waals surface area (Å²) >= 11 is 0. The van der Waals surface area contributed by atoms with Crippen LogP contribution in [0.2, 0.25) is 0 Å². The molecule has 0 saturated carbocycles. The van der Waals surface area contributed by atoms with Crippen LogP contribution in [0.4, 0.5) is 0 Å². The zero-order valence-corrected chi connectivity index (χ0v) is 18.1. The Morgan fingerprint density at radius 2 is 1.66 bits per heavy atom. The van der Waals surface area contributed by atoms with E-state index in [0.717, 1.165) is 50.2 Å². The maximum atomic E-state index is 12.2. The lowest BCUT2D eigenvalue weighted by molar-refractivity contribution is -0.0164. The second-order valence-corrected chi connectivity index (χ2v) is 8.31. The number of unbranched alkanes of at least 4 members (excludes halogenated alkanes) is 1. The molecule has 0 aromatic heterocycles. The van der Waals surface area contributed by atoms with Crippen molar-refractivity contribution in [1.82, 2.24) is 4.90 Å². The average molecular weight is 396 g/mol. The number of nitrogens with zero attached hydrogens (tertiary/aromatic N) is 1. The van der Waals surface area contributed by atoms with Gasteiger partial charge in [0.05, 0.1) is 12.2 Å². The van der Waals surface area contributed by atoms with Crippen LogP contribution >= 0.6 is 0 Å². The highest BCUT2D eigenvalue weighted by atomic mass is 16.5. The molecular weight excluding hydrogens is 358 g/mol. The fourth-order valence-corrected chi connectivity index (χ4v) is 4.59. The maximum Gasteiger partial charge on any atom is 0.119 e. The molecule has 3 rings (SSSR count). The molecule has 2 unspecified atom stereocenters. The van der Waals surface area contributed by atoms with Crippen molar-refractivity contribution in [3.63, 3.8) is 0 Å². The van der Waals surface area contributed by atoms with Gasteiger partial charge in [-0.3, -0.25) is 0 Å². The molecule has 2 aromatic carbocycles. The van der Waals surface area contributed by atoms with E-state index in [1.54, 1.807) is 0 Å². The topological polar surface area (TPSA) is 32.7 Å². The quantitative estimate of drug-likeness (QED) is 0.557. The van der Waals surface area contributed by atoms with Gasteiger partial charge in [0.2, 0.25) is 0 Å². The van der Waals surface area contributed by atoms with E-state index in [1.807, 2.05) is 19.1 Å². The van der Waals surface area contributed by atoms with Gasteiger partial charge in [-0.2, -0.15) is 0 Å². The van der Waals surface area contributed by atoms with Crippen LogP contribution in [0.1, 0.15) is 69.4 Å². The Kier molecular flexibility index (Phi) is 8.14. The predicted octanol–water partition coefficient (Wildman–Crippen LogP) is 5.73. The third-order valence-corrected chi connectivity index (χ3v) is 6.24. The Hall–Kier alpha value is -1.84. The standard InChI is InChI=1S/C26H37NO2/c1-3-5-18-26(28,23-14-16-24(17-15-23)29-4-2)25(22-12-8-6-9-13-22)21-27-19-10-7-11-20-27/h6,8-9,12-17,25,28H,3-5,7,10-11,18-21H2,1-2H3. The minimum absolute atomic E-state index is 0.0475. The monoisotopic (exact) mass is 395 g/mol. The summed E-state index contributed by atoms with van der Waals surface area (Å²) in [6.07, 6.45) is 6.70. The lowest BCUT2D eigenvalue weighted by Gasteiger charge is -2.41. The SMILES string of the molecule is CCCCC(O)(c1ccc(OCC)cc1)C(CN1CCCCC1)c1ccccc1. The minimum Gasteiger partial charge on any atom is -0.494 e. The molecule has 29 heavy (non-hydrogen) atoms. The van der Waals surface area contributed by atoms with E-state index in [9.17, 15) is 5.11 Å². The van der Waals surface area contributed by atoms with E-state index < -0.39 is 5.60 Å². The largest absolute Gasteiger partial charge is 0.494 e. The Labute approximate surface area is 176 Å². The average Bonchev–Trinajstić information content (AvgIpc) is 2.78. The van der Waals surface area contributed by atoms with Crippen molar-refractivity contribution in [2.24, 2.45) is 0 Å². The Balaban J connectivity index is 1.97. The summed E-state index contributed by atoms with van der Waals surface area (Å²) < 4.78 is 5.63. The number of hydrogen-bond acceptors (Lipinski definition) is 3. The fourth-order valence-electron chi connectivity index (χ4n) is 4.59. The summed E-state index contributed by atoms with van der Waals surface area (Å²) in [5.74, 6) is 0.910. The minimum atomic E-state index is -0.889. The Morgan fingerprint density at radius 3 is 2.28 bits per heavy atom. The van der Waals surface area contributed by atoms with Crippen LogP contribution in [0.15, 0.2) is 54.6 Å². The smallest absolute Gasteiger partial charge is 0.119 e. The van der Waals surface area contributed by atoms with Gasteiger partial charge in [-0.25, -0.2) is 0 Å². The van der Waals surface area contributed by atoms with Crippen LogP contribution < -0.4 is 4.74 Å². The van der Waals surface area contributed by atoms with Gasteiger partial charge in [-0.05, 0) is 62.5 Å². The van der Waals surface area contributed by atoms with E-state index in [0.29, 0.717) is 6.61 Å². The molecule has 1 fully saturated rings. The van der Waals surface area contributed by atoms with Crippen molar-refractivity contribution in [3.05, 3.63) is 65.7 Å². The summed E-state index contributed by atoms with van der Waals surface area (Å²) in [7, 11) is 0. The number of piperidine rings is 1. The lowest BCUT2D eigenvalue weighted by atomic mass is 9.74. The number of benzene rings is 2. The van der Waals surface area contributed by atoms with Crippen molar-refractivity contribution < 1.29 is 9.84 Å². The molecule has 1 heterocycles. The molecule has 1 N–H and O–H groups in total. The first-order valence-corrected chi connectivity index (χ1v) is 11.4. The molecule has 1 aliphatic rings. The molecule has 0 aliphatic carbocycles. The molecule has 0 spiro atoms. The third-order valence-electron chi connectivity index (χ3n) is 6.24. The van der Waals surface area contributed by atoms with Crippen LogP contribution in [-0.4, -0.2) is 36.2 Å². The first-order chi connectivity index (χ1) is 14.2. The molecule has 1 aliphatic heterocycles. The van der Waals surface area contributed by atoms with Gasteiger partial charge in [-0.15, -0.1) is 0 Å². The number of rotatable bonds is 10. The van der Waals surface area contributed by atoms with Gasteiger partial charge in [0.15, 0.2) is 0 Å². The number of hydrogen-bond donors (Lipinski definition) is 1. The van der Waals surface area contributed by atoms with Crippen LogP contribution in [0.25, 0.3) is 0 Å². The first kappa shape index (κ1) is 21.9. The van der Waals surface area contributed by atoms with Gasteiger partial charge in [0, 0.05) is 12.5 Å². The second-order valence-electron chi connectivity index (χ2n) is 8.31. The molecule has 3 nitrogen and oxygen atoms in total. The van der Waals surface area contributed by atoms with Crippen LogP contribution in [0.3, 0.4) is 0 Å². The zero-order valence-electron chi connectivity index (χ0n) is 18.1. The van der Waals surface area contributed by atoms with Crippen molar-refractivity contribution in [2.45, 2.75) is 63.9 Å². The van der Waals surface area contributed by atoms with E-state index in [-0.39, 0.29) is 5.92 Å². The molecule has 2 atom stereocenters. The van der Waals surface area contributed by atoms with Crippen molar-refractivity contribution in [1.29, 1.82) is 0 Å². The molecule has 0 amide bonds.